The van der Waals surface area contributed by atoms with E-state index in [1.165, 1.54) is 4.90 Å². The maximum atomic E-state index is 14.4. The summed E-state index contributed by atoms with van der Waals surface area (Å²) in [6.45, 7) is 5.42. The average molecular weight is 557 g/mol. The number of amides is 2. The Morgan fingerprint density at radius 2 is 1.80 bits per heavy atom. The first-order chi connectivity index (χ1) is 19.7. The van der Waals surface area contributed by atoms with Crippen LogP contribution < -0.4 is 5.32 Å². The molecule has 3 aliphatic rings. The molecule has 3 aromatic rings. The lowest BCUT2D eigenvalue weighted by Crippen LogP contribution is -2.57. The molecule has 3 aromatic carbocycles. The van der Waals surface area contributed by atoms with Crippen molar-refractivity contribution in [3.8, 4) is 0 Å². The molecule has 2 bridgehead atoms. The van der Waals surface area contributed by atoms with Gasteiger partial charge in [0.05, 0.1) is 30.8 Å². The normalized spacial score (nSPS) is 30.8. The number of rotatable bonds is 8. The van der Waals surface area contributed by atoms with Gasteiger partial charge in [0.25, 0.3) is 0 Å². The number of carbonyl (C=O) groups is 3. The Balaban J connectivity index is 1.43. The molecule has 3 heterocycles. The molecule has 3 fully saturated rings. The van der Waals surface area contributed by atoms with Crippen LogP contribution in [0.3, 0.4) is 0 Å². The minimum atomic E-state index is -1.23. The highest BCUT2D eigenvalue weighted by molar-refractivity contribution is 6.04. The standard InChI is InChI=1S/C33H36N2O6/c1-4-40-31(39)27-26-30(38)35(25(19-36)16-21-10-6-5-7-11-21)28(33(26)18-20(2)32(27,3)41-33)29(37)34-24-15-14-22-12-8-9-13-23(22)17-24/h5-15,17,20,25-28,36H,4,16,18-19H2,1-3H3,(H,34,37)/t20?,25-,26+,27+,28?,32-,33?/m1/s1. The number of ether oxygens (including phenoxy) is 2. The molecule has 6 rings (SSSR count). The van der Waals surface area contributed by atoms with Crippen molar-refractivity contribution in [2.24, 2.45) is 17.8 Å². The van der Waals surface area contributed by atoms with Gasteiger partial charge in [-0.25, -0.2) is 0 Å². The number of fused-ring (bicyclic) bond motifs is 2. The number of hydrogen-bond donors (Lipinski definition) is 2. The van der Waals surface area contributed by atoms with Crippen LogP contribution in [-0.4, -0.2) is 64.3 Å². The molecule has 1 spiro atoms. The van der Waals surface area contributed by atoms with Gasteiger partial charge in [-0.05, 0) is 61.1 Å². The second-order valence-corrected chi connectivity index (χ2v) is 11.8. The van der Waals surface area contributed by atoms with Crippen molar-refractivity contribution < 1.29 is 29.0 Å². The molecule has 0 aliphatic carbocycles. The van der Waals surface area contributed by atoms with Crippen LogP contribution in [0.5, 0.6) is 0 Å². The fourth-order valence-electron chi connectivity index (χ4n) is 7.57. The Morgan fingerprint density at radius 3 is 2.51 bits per heavy atom. The molecule has 41 heavy (non-hydrogen) atoms. The third-order valence-corrected chi connectivity index (χ3v) is 9.48. The lowest BCUT2D eigenvalue weighted by Gasteiger charge is -2.37. The molecule has 214 valence electrons. The van der Waals surface area contributed by atoms with E-state index in [2.05, 4.69) is 5.32 Å². The summed E-state index contributed by atoms with van der Waals surface area (Å²) in [5.74, 6) is -3.08. The molecule has 2 amide bonds. The van der Waals surface area contributed by atoms with Crippen LogP contribution in [0.25, 0.3) is 10.8 Å². The van der Waals surface area contributed by atoms with Gasteiger partial charge in [-0.3, -0.25) is 14.4 Å². The highest BCUT2D eigenvalue weighted by Crippen LogP contribution is 2.65. The summed E-state index contributed by atoms with van der Waals surface area (Å²) >= 11 is 0. The second-order valence-electron chi connectivity index (χ2n) is 11.8. The summed E-state index contributed by atoms with van der Waals surface area (Å²) in [4.78, 5) is 43.6. The van der Waals surface area contributed by atoms with E-state index in [9.17, 15) is 19.5 Å². The molecule has 8 heteroatoms. The molecule has 8 nitrogen and oxygen atoms in total. The number of likely N-dealkylation sites (tertiary alicyclic amines) is 1. The number of nitrogens with zero attached hydrogens (tertiary/aromatic N) is 1. The second kappa shape index (κ2) is 10.3. The maximum absolute atomic E-state index is 14.4. The molecule has 7 atom stereocenters. The van der Waals surface area contributed by atoms with Crippen molar-refractivity contribution in [3.63, 3.8) is 0 Å². The summed E-state index contributed by atoms with van der Waals surface area (Å²) in [7, 11) is 0. The van der Waals surface area contributed by atoms with Gasteiger partial charge in [-0.2, -0.15) is 0 Å². The lowest BCUT2D eigenvalue weighted by molar-refractivity contribution is -0.161. The van der Waals surface area contributed by atoms with Gasteiger partial charge < -0.3 is 24.8 Å². The van der Waals surface area contributed by atoms with E-state index in [0.717, 1.165) is 16.3 Å². The predicted molar refractivity (Wildman–Crippen MR) is 154 cm³/mol. The molecular weight excluding hydrogens is 520 g/mol. The van der Waals surface area contributed by atoms with E-state index < -0.39 is 47.0 Å². The Labute approximate surface area is 239 Å². The fraction of sp³-hybridized carbons (Fsp3) is 0.424. The lowest BCUT2D eigenvalue weighted by atomic mass is 9.62. The minimum Gasteiger partial charge on any atom is -0.466 e. The van der Waals surface area contributed by atoms with Crippen LogP contribution in [0.15, 0.2) is 72.8 Å². The van der Waals surface area contributed by atoms with Gasteiger partial charge in [0.2, 0.25) is 11.8 Å². The van der Waals surface area contributed by atoms with Crippen LogP contribution in [0, 0.1) is 17.8 Å². The third-order valence-electron chi connectivity index (χ3n) is 9.48. The molecular formula is C33H36N2O6. The first-order valence-electron chi connectivity index (χ1n) is 14.4. The summed E-state index contributed by atoms with van der Waals surface area (Å²) in [6.07, 6.45) is 0.786. The van der Waals surface area contributed by atoms with Crippen LogP contribution >= 0.6 is 0 Å². The first-order valence-corrected chi connectivity index (χ1v) is 14.4. The number of carbonyl (C=O) groups excluding carboxylic acids is 3. The average Bonchev–Trinajstić information content (AvgIpc) is 3.48. The zero-order chi connectivity index (χ0) is 28.9. The van der Waals surface area contributed by atoms with Crippen molar-refractivity contribution in [1.82, 2.24) is 4.90 Å². The van der Waals surface area contributed by atoms with Crippen molar-refractivity contribution in [2.45, 2.75) is 56.9 Å². The minimum absolute atomic E-state index is 0.0985. The quantitative estimate of drug-likeness (QED) is 0.407. The number of esters is 1. The Bertz CT molecular complexity index is 1490. The zero-order valence-electron chi connectivity index (χ0n) is 23.6. The van der Waals surface area contributed by atoms with E-state index in [-0.39, 0.29) is 25.0 Å². The van der Waals surface area contributed by atoms with E-state index in [4.69, 9.17) is 9.47 Å². The molecule has 2 N–H and O–H groups in total. The topological polar surface area (TPSA) is 105 Å². The molecule has 0 radical (unpaired) electrons. The Morgan fingerprint density at radius 1 is 1.10 bits per heavy atom. The van der Waals surface area contributed by atoms with Crippen molar-refractivity contribution in [3.05, 3.63) is 78.4 Å². The Hall–Kier alpha value is -3.75. The number of anilines is 1. The summed E-state index contributed by atoms with van der Waals surface area (Å²) < 4.78 is 12.2. The van der Waals surface area contributed by atoms with Crippen LogP contribution in [0.4, 0.5) is 5.69 Å². The summed E-state index contributed by atoms with van der Waals surface area (Å²) in [5, 5.41) is 15.7. The SMILES string of the molecule is CCOC(=O)[C@@H]1[C@H]2C(=O)N([C@@H](CO)Cc3ccccc3)C(C(=O)Nc3ccc4ccccc4c3)C23CC(C)[C@@]1(C)O3. The van der Waals surface area contributed by atoms with E-state index in [1.807, 2.05) is 86.6 Å². The van der Waals surface area contributed by atoms with Gasteiger partial charge >= 0.3 is 5.97 Å². The van der Waals surface area contributed by atoms with Gasteiger partial charge in [0, 0.05) is 5.69 Å². The number of nitrogens with one attached hydrogen (secondary N) is 1. The van der Waals surface area contributed by atoms with Crippen molar-refractivity contribution in [2.75, 3.05) is 18.5 Å². The molecule has 3 saturated heterocycles. The number of aliphatic hydroxyl groups is 1. The number of aliphatic hydroxyl groups excluding tert-OH is 1. The summed E-state index contributed by atoms with van der Waals surface area (Å²) in [5.41, 5.74) is -0.657. The monoisotopic (exact) mass is 556 g/mol. The van der Waals surface area contributed by atoms with E-state index in [1.54, 1.807) is 6.92 Å². The molecule has 0 saturated carbocycles. The summed E-state index contributed by atoms with van der Waals surface area (Å²) in [6, 6.07) is 21.4. The number of benzene rings is 3. The van der Waals surface area contributed by atoms with Crippen molar-refractivity contribution in [1.29, 1.82) is 0 Å². The van der Waals surface area contributed by atoms with Crippen LogP contribution in [0.1, 0.15) is 32.8 Å². The largest absolute Gasteiger partial charge is 0.466 e. The highest BCUT2D eigenvalue weighted by atomic mass is 16.6. The highest BCUT2D eigenvalue weighted by Gasteiger charge is 2.80. The van der Waals surface area contributed by atoms with E-state index in [0.29, 0.717) is 18.5 Å². The van der Waals surface area contributed by atoms with Crippen molar-refractivity contribution >= 4 is 34.2 Å². The maximum Gasteiger partial charge on any atom is 0.312 e. The van der Waals surface area contributed by atoms with Gasteiger partial charge in [-0.15, -0.1) is 0 Å². The third kappa shape index (κ3) is 4.23. The van der Waals surface area contributed by atoms with E-state index >= 15 is 0 Å². The van der Waals surface area contributed by atoms with Crippen LogP contribution in [0.2, 0.25) is 0 Å². The Kier molecular flexibility index (Phi) is 6.86. The molecule has 0 aromatic heterocycles. The number of hydrogen-bond acceptors (Lipinski definition) is 6. The van der Waals surface area contributed by atoms with Gasteiger partial charge in [0.1, 0.15) is 17.6 Å². The first kappa shape index (κ1) is 27.4. The predicted octanol–water partition coefficient (Wildman–Crippen LogP) is 3.96. The molecule has 3 aliphatic heterocycles. The van der Waals surface area contributed by atoms with Gasteiger partial charge in [-0.1, -0.05) is 67.6 Å². The smallest absolute Gasteiger partial charge is 0.312 e. The van der Waals surface area contributed by atoms with Gasteiger partial charge in [0.15, 0.2) is 0 Å². The van der Waals surface area contributed by atoms with Crippen LogP contribution in [-0.2, 0) is 30.3 Å². The fourth-order valence-corrected chi connectivity index (χ4v) is 7.57. The zero-order valence-corrected chi connectivity index (χ0v) is 23.6. The molecule has 3 unspecified atom stereocenters.